The van der Waals surface area contributed by atoms with Crippen LogP contribution in [0.5, 0.6) is 0 Å². The van der Waals surface area contributed by atoms with E-state index in [-0.39, 0.29) is 16.8 Å². The van der Waals surface area contributed by atoms with E-state index in [0.717, 1.165) is 24.0 Å². The summed E-state index contributed by atoms with van der Waals surface area (Å²) in [6, 6.07) is 26.7. The first-order chi connectivity index (χ1) is 15.1. The van der Waals surface area contributed by atoms with Gasteiger partial charge in [-0.2, -0.15) is 4.31 Å². The van der Waals surface area contributed by atoms with Crippen LogP contribution in [0.25, 0.3) is 0 Å². The Hall–Kier alpha value is -2.96. The molecule has 1 saturated heterocycles. The number of carbonyl (C=O) groups excluding carboxylic acids is 1. The third kappa shape index (κ3) is 4.70. The molecule has 6 heteroatoms. The number of sulfonamides is 1. The fourth-order valence-electron chi connectivity index (χ4n) is 4.07. The van der Waals surface area contributed by atoms with Crippen LogP contribution in [0.2, 0.25) is 0 Å². The summed E-state index contributed by atoms with van der Waals surface area (Å²) in [5, 5.41) is 3.13. The monoisotopic (exact) mass is 434 g/mol. The van der Waals surface area contributed by atoms with Gasteiger partial charge in [-0.25, -0.2) is 8.42 Å². The summed E-state index contributed by atoms with van der Waals surface area (Å²) < 4.78 is 27.9. The molecule has 0 unspecified atom stereocenters. The van der Waals surface area contributed by atoms with Crippen molar-refractivity contribution in [3.63, 3.8) is 0 Å². The predicted octanol–water partition coefficient (Wildman–Crippen LogP) is 4.14. The van der Waals surface area contributed by atoms with Gasteiger partial charge < -0.3 is 5.32 Å². The highest BCUT2D eigenvalue weighted by Crippen LogP contribution is 2.27. The first kappa shape index (κ1) is 21.3. The van der Waals surface area contributed by atoms with Crippen LogP contribution in [0, 0.1) is 0 Å². The van der Waals surface area contributed by atoms with E-state index in [1.54, 1.807) is 30.3 Å². The zero-order chi connectivity index (χ0) is 21.7. The first-order valence-electron chi connectivity index (χ1n) is 10.5. The number of amides is 1. The van der Waals surface area contributed by atoms with Gasteiger partial charge in [-0.3, -0.25) is 4.79 Å². The number of benzene rings is 3. The Morgan fingerprint density at radius 3 is 1.87 bits per heavy atom. The van der Waals surface area contributed by atoms with E-state index in [0.29, 0.717) is 13.0 Å². The third-order valence-corrected chi connectivity index (χ3v) is 7.58. The summed E-state index contributed by atoms with van der Waals surface area (Å²) >= 11 is 0. The number of rotatable bonds is 6. The minimum Gasteiger partial charge on any atom is -0.344 e. The highest BCUT2D eigenvalue weighted by atomic mass is 32.2. The van der Waals surface area contributed by atoms with Gasteiger partial charge in [-0.05, 0) is 36.1 Å². The Bertz CT molecular complexity index is 1060. The predicted molar refractivity (Wildman–Crippen MR) is 121 cm³/mol. The van der Waals surface area contributed by atoms with Crippen molar-refractivity contribution in [1.29, 1.82) is 0 Å². The fourth-order valence-corrected chi connectivity index (χ4v) is 5.75. The van der Waals surface area contributed by atoms with Gasteiger partial charge in [-0.15, -0.1) is 0 Å². The van der Waals surface area contributed by atoms with Crippen molar-refractivity contribution in [3.8, 4) is 0 Å². The molecule has 4 rings (SSSR count). The second kappa shape index (κ2) is 9.45. The van der Waals surface area contributed by atoms with Crippen LogP contribution in [0.3, 0.4) is 0 Å². The summed E-state index contributed by atoms with van der Waals surface area (Å²) in [6.07, 6.45) is 2.07. The second-order valence-corrected chi connectivity index (χ2v) is 9.59. The topological polar surface area (TPSA) is 66.5 Å². The van der Waals surface area contributed by atoms with Gasteiger partial charge in [0.15, 0.2) is 0 Å². The van der Waals surface area contributed by atoms with Crippen molar-refractivity contribution in [2.45, 2.75) is 36.2 Å². The lowest BCUT2D eigenvalue weighted by atomic mass is 9.97. The molecule has 0 aliphatic carbocycles. The van der Waals surface area contributed by atoms with Crippen molar-refractivity contribution in [2.24, 2.45) is 0 Å². The van der Waals surface area contributed by atoms with Crippen molar-refractivity contribution < 1.29 is 13.2 Å². The number of hydrogen-bond acceptors (Lipinski definition) is 3. The van der Waals surface area contributed by atoms with Crippen LogP contribution in [-0.4, -0.2) is 31.2 Å². The van der Waals surface area contributed by atoms with E-state index in [9.17, 15) is 13.2 Å². The van der Waals surface area contributed by atoms with E-state index < -0.39 is 16.1 Å². The summed E-state index contributed by atoms with van der Waals surface area (Å²) in [4.78, 5) is 13.6. The largest absolute Gasteiger partial charge is 0.344 e. The molecule has 1 heterocycles. The molecule has 5 nitrogen and oxygen atoms in total. The molecule has 1 amide bonds. The van der Waals surface area contributed by atoms with Gasteiger partial charge in [0.1, 0.15) is 6.04 Å². The van der Waals surface area contributed by atoms with Crippen molar-refractivity contribution in [3.05, 3.63) is 102 Å². The van der Waals surface area contributed by atoms with Crippen LogP contribution in [0.1, 0.15) is 36.4 Å². The SMILES string of the molecule is O=C(NC(c1ccccc1)c1ccccc1)[C@@H]1CCCCN1S(=O)(=O)c1ccccc1. The van der Waals surface area contributed by atoms with E-state index >= 15 is 0 Å². The second-order valence-electron chi connectivity index (χ2n) is 7.70. The van der Waals surface area contributed by atoms with Crippen molar-refractivity contribution >= 4 is 15.9 Å². The zero-order valence-corrected chi connectivity index (χ0v) is 18.0. The third-order valence-electron chi connectivity index (χ3n) is 5.66. The molecular formula is C25H26N2O3S. The fraction of sp³-hybridized carbons (Fsp3) is 0.240. The molecular weight excluding hydrogens is 408 g/mol. The highest BCUT2D eigenvalue weighted by Gasteiger charge is 2.38. The molecule has 3 aromatic rings. The van der Waals surface area contributed by atoms with Gasteiger partial charge in [0, 0.05) is 6.54 Å². The molecule has 0 bridgehead atoms. The number of hydrogen-bond donors (Lipinski definition) is 1. The lowest BCUT2D eigenvalue weighted by Crippen LogP contribution is -2.52. The minimum absolute atomic E-state index is 0.220. The maximum Gasteiger partial charge on any atom is 0.243 e. The van der Waals surface area contributed by atoms with Crippen LogP contribution >= 0.6 is 0 Å². The molecule has 1 aliphatic heterocycles. The summed E-state index contributed by atoms with van der Waals surface area (Å²) in [7, 11) is -3.75. The lowest BCUT2D eigenvalue weighted by molar-refractivity contribution is -0.126. The smallest absolute Gasteiger partial charge is 0.243 e. The normalized spacial score (nSPS) is 17.4. The summed E-state index contributed by atoms with van der Waals surface area (Å²) in [5.74, 6) is -0.267. The van der Waals surface area contributed by atoms with Gasteiger partial charge in [0.2, 0.25) is 15.9 Å². The molecule has 0 radical (unpaired) electrons. The Kier molecular flexibility index (Phi) is 6.49. The number of nitrogens with zero attached hydrogens (tertiary/aromatic N) is 1. The molecule has 0 spiro atoms. The molecule has 1 atom stereocenters. The Balaban J connectivity index is 1.63. The van der Waals surface area contributed by atoms with Gasteiger partial charge in [0.25, 0.3) is 0 Å². The molecule has 1 fully saturated rings. The number of nitrogens with one attached hydrogen (secondary N) is 1. The molecule has 0 saturated carbocycles. The van der Waals surface area contributed by atoms with Crippen LogP contribution in [0.15, 0.2) is 95.9 Å². The lowest BCUT2D eigenvalue weighted by Gasteiger charge is -2.34. The van der Waals surface area contributed by atoms with Gasteiger partial charge >= 0.3 is 0 Å². The average molecular weight is 435 g/mol. The molecule has 31 heavy (non-hydrogen) atoms. The first-order valence-corrected chi connectivity index (χ1v) is 12.0. The molecule has 0 aromatic heterocycles. The van der Waals surface area contributed by atoms with E-state index in [2.05, 4.69) is 5.32 Å². The number of carbonyl (C=O) groups is 1. The molecule has 1 N–H and O–H groups in total. The van der Waals surface area contributed by atoms with Gasteiger partial charge in [0.05, 0.1) is 10.9 Å². The number of piperidine rings is 1. The maximum absolute atomic E-state index is 13.4. The Morgan fingerprint density at radius 1 is 0.806 bits per heavy atom. The van der Waals surface area contributed by atoms with Crippen molar-refractivity contribution in [2.75, 3.05) is 6.54 Å². The van der Waals surface area contributed by atoms with Crippen molar-refractivity contribution in [1.82, 2.24) is 9.62 Å². The van der Waals surface area contributed by atoms with Gasteiger partial charge in [-0.1, -0.05) is 85.3 Å². The van der Waals surface area contributed by atoms with E-state index in [1.165, 1.54) is 4.31 Å². The molecule has 160 valence electrons. The highest BCUT2D eigenvalue weighted by molar-refractivity contribution is 7.89. The van der Waals surface area contributed by atoms with Crippen LogP contribution < -0.4 is 5.32 Å². The van der Waals surface area contributed by atoms with Crippen LogP contribution in [-0.2, 0) is 14.8 Å². The molecule has 3 aromatic carbocycles. The van der Waals surface area contributed by atoms with E-state index in [1.807, 2.05) is 60.7 Å². The maximum atomic E-state index is 13.4. The van der Waals surface area contributed by atoms with E-state index in [4.69, 9.17) is 0 Å². The van der Waals surface area contributed by atoms with Crippen LogP contribution in [0.4, 0.5) is 0 Å². The Labute approximate surface area is 183 Å². The standard InChI is InChI=1S/C25H26N2O3S/c28-25(26-24(20-12-4-1-5-13-20)21-14-6-2-7-15-21)23-18-10-11-19-27(23)31(29,30)22-16-8-3-9-17-22/h1-9,12-17,23-24H,10-11,18-19H2,(H,26,28)/t23-/m0/s1. The quantitative estimate of drug-likeness (QED) is 0.634. The molecule has 1 aliphatic rings. The Morgan fingerprint density at radius 2 is 1.32 bits per heavy atom. The summed E-state index contributed by atoms with van der Waals surface area (Å²) in [5.41, 5.74) is 1.91. The zero-order valence-electron chi connectivity index (χ0n) is 17.2. The minimum atomic E-state index is -3.75. The average Bonchev–Trinajstić information content (AvgIpc) is 2.84. The summed E-state index contributed by atoms with van der Waals surface area (Å²) in [6.45, 7) is 0.344.